The molecule has 1 aromatic heterocycles. The van der Waals surface area contributed by atoms with Crippen molar-refractivity contribution in [1.82, 2.24) is 14.9 Å². The van der Waals surface area contributed by atoms with Crippen LogP contribution in [0.3, 0.4) is 0 Å². The molecule has 0 aliphatic carbocycles. The predicted molar refractivity (Wildman–Crippen MR) is 145 cm³/mol. The van der Waals surface area contributed by atoms with Gasteiger partial charge in [-0.15, -0.1) is 0 Å². The van der Waals surface area contributed by atoms with Crippen molar-refractivity contribution in [2.75, 3.05) is 60.7 Å². The highest BCUT2D eigenvalue weighted by Gasteiger charge is 2.31. The van der Waals surface area contributed by atoms with E-state index in [9.17, 15) is 22.8 Å². The van der Waals surface area contributed by atoms with Crippen LogP contribution < -0.4 is 21.3 Å². The Balaban J connectivity index is 1.52. The van der Waals surface area contributed by atoms with E-state index in [1.165, 1.54) is 23.1 Å². The normalized spacial score (nSPS) is 14.0. The van der Waals surface area contributed by atoms with Crippen LogP contribution in [0.1, 0.15) is 27.3 Å². The number of anilines is 4. The highest BCUT2D eigenvalue weighted by atomic mass is 19.4. The zero-order chi connectivity index (χ0) is 28.9. The molecule has 0 bridgehead atoms. The molecule has 0 spiro atoms. The van der Waals surface area contributed by atoms with Crippen LogP contribution >= 0.6 is 0 Å². The Labute approximate surface area is 229 Å². The maximum Gasteiger partial charge on any atom is 0.416 e. The Morgan fingerprint density at radius 1 is 1.05 bits per heavy atom. The van der Waals surface area contributed by atoms with Gasteiger partial charge in [0.15, 0.2) is 0 Å². The maximum absolute atomic E-state index is 13.5. The van der Waals surface area contributed by atoms with Crippen molar-refractivity contribution in [3.05, 3.63) is 71.0 Å². The number of morpholine rings is 1. The van der Waals surface area contributed by atoms with Crippen LogP contribution in [0.15, 0.2) is 48.5 Å². The molecule has 3 aromatic rings. The maximum atomic E-state index is 13.5. The molecule has 1 saturated heterocycles. The number of amides is 3. The van der Waals surface area contributed by atoms with Crippen molar-refractivity contribution >= 4 is 34.9 Å². The molecule has 0 radical (unpaired) electrons. The van der Waals surface area contributed by atoms with E-state index < -0.39 is 23.7 Å². The molecule has 2 aromatic carbocycles. The van der Waals surface area contributed by atoms with Crippen molar-refractivity contribution in [3.63, 3.8) is 0 Å². The molecule has 212 valence electrons. The van der Waals surface area contributed by atoms with Crippen LogP contribution in [0.4, 0.5) is 41.0 Å². The van der Waals surface area contributed by atoms with Gasteiger partial charge in [-0.05, 0) is 49.7 Å². The molecule has 1 aliphatic rings. The van der Waals surface area contributed by atoms with Gasteiger partial charge in [0.1, 0.15) is 17.5 Å². The molecular formula is C27H30F3N7O3. The molecule has 1 aliphatic heterocycles. The second-order valence-electron chi connectivity index (χ2n) is 9.30. The third kappa shape index (κ3) is 7.45. The number of carbonyl (C=O) groups excluding carboxylic acids is 2. The number of alkyl halides is 3. The number of aromatic nitrogens is 2. The van der Waals surface area contributed by atoms with Gasteiger partial charge in [-0.3, -0.25) is 14.6 Å². The first kappa shape index (κ1) is 28.8. The highest BCUT2D eigenvalue weighted by Crippen LogP contribution is 2.30. The lowest BCUT2D eigenvalue weighted by Crippen LogP contribution is -2.44. The van der Waals surface area contributed by atoms with Gasteiger partial charge in [-0.1, -0.05) is 12.1 Å². The molecule has 4 N–H and O–H groups in total. The van der Waals surface area contributed by atoms with Crippen LogP contribution in [0.2, 0.25) is 0 Å². The quantitative estimate of drug-likeness (QED) is 0.395. The number of urea groups is 1. The van der Waals surface area contributed by atoms with Gasteiger partial charge in [-0.2, -0.15) is 13.2 Å². The van der Waals surface area contributed by atoms with E-state index in [1.807, 2.05) is 0 Å². The van der Waals surface area contributed by atoms with Crippen LogP contribution in [-0.4, -0.2) is 66.2 Å². The number of benzene rings is 2. The lowest BCUT2D eigenvalue weighted by atomic mass is 10.1. The first-order valence-electron chi connectivity index (χ1n) is 12.6. The number of nitrogens with one attached hydrogen (secondary N) is 2. The van der Waals surface area contributed by atoms with E-state index >= 15 is 0 Å². The lowest BCUT2D eigenvalue weighted by molar-refractivity contribution is -0.137. The Morgan fingerprint density at radius 3 is 2.50 bits per heavy atom. The molecule has 13 heteroatoms. The molecule has 3 amide bonds. The fourth-order valence-corrected chi connectivity index (χ4v) is 4.16. The fraction of sp³-hybridized carbons (Fsp3) is 0.333. The highest BCUT2D eigenvalue weighted by molar-refractivity contribution is 6.05. The average Bonchev–Trinajstić information content (AvgIpc) is 2.90. The number of nitrogens with two attached hydrogens (primary N) is 1. The van der Waals surface area contributed by atoms with Gasteiger partial charge in [0.05, 0.1) is 18.8 Å². The van der Waals surface area contributed by atoms with Crippen molar-refractivity contribution in [1.29, 1.82) is 0 Å². The number of ether oxygens (including phenoxy) is 1. The minimum absolute atomic E-state index is 0.146. The van der Waals surface area contributed by atoms with Crippen molar-refractivity contribution in [2.45, 2.75) is 20.0 Å². The van der Waals surface area contributed by atoms with Gasteiger partial charge in [0.2, 0.25) is 0 Å². The monoisotopic (exact) mass is 557 g/mol. The minimum atomic E-state index is -4.57. The second kappa shape index (κ2) is 12.3. The fourth-order valence-electron chi connectivity index (χ4n) is 4.16. The zero-order valence-electron chi connectivity index (χ0n) is 22.1. The van der Waals surface area contributed by atoms with Crippen LogP contribution in [0.5, 0.6) is 0 Å². The molecular weight excluding hydrogens is 527 g/mol. The lowest BCUT2D eigenvalue weighted by Gasteiger charge is -2.30. The number of hydrogen-bond acceptors (Lipinski definition) is 7. The molecule has 0 atom stereocenters. The third-order valence-corrected chi connectivity index (χ3v) is 6.30. The Bertz CT molecular complexity index is 1360. The SMILES string of the molecule is Cc1nc(N)cc(N(CCN2CCOCC2)C(=O)Nc2cc(NC(=O)c3cccc(C(F)(F)F)c3)ccc2C)n1. The third-order valence-electron chi connectivity index (χ3n) is 6.30. The number of nitrogens with zero attached hydrogens (tertiary/aromatic N) is 4. The summed E-state index contributed by atoms with van der Waals surface area (Å²) in [6.07, 6.45) is -4.57. The number of aryl methyl sites for hydroxylation is 2. The van der Waals surface area contributed by atoms with Crippen LogP contribution in [0.25, 0.3) is 0 Å². The van der Waals surface area contributed by atoms with Gasteiger partial charge in [0, 0.05) is 49.2 Å². The van der Waals surface area contributed by atoms with E-state index in [2.05, 4.69) is 25.5 Å². The first-order chi connectivity index (χ1) is 19.0. The molecule has 40 heavy (non-hydrogen) atoms. The van der Waals surface area contributed by atoms with E-state index in [-0.39, 0.29) is 11.4 Å². The van der Waals surface area contributed by atoms with Gasteiger partial charge in [-0.25, -0.2) is 14.8 Å². The number of nitrogen functional groups attached to an aromatic ring is 1. The Kier molecular flexibility index (Phi) is 8.85. The number of rotatable bonds is 7. The Morgan fingerprint density at radius 2 is 1.80 bits per heavy atom. The van der Waals surface area contributed by atoms with E-state index in [0.717, 1.165) is 25.2 Å². The summed E-state index contributed by atoms with van der Waals surface area (Å²) < 4.78 is 44.6. The number of halogens is 3. The summed E-state index contributed by atoms with van der Waals surface area (Å²) in [6.45, 7) is 7.06. The van der Waals surface area contributed by atoms with Crippen LogP contribution in [-0.2, 0) is 10.9 Å². The van der Waals surface area contributed by atoms with E-state index in [4.69, 9.17) is 10.5 Å². The molecule has 1 fully saturated rings. The Hall–Kier alpha value is -4.23. The van der Waals surface area contributed by atoms with Crippen LogP contribution in [0, 0.1) is 13.8 Å². The minimum Gasteiger partial charge on any atom is -0.384 e. The topological polar surface area (TPSA) is 126 Å². The molecule has 10 nitrogen and oxygen atoms in total. The summed E-state index contributed by atoms with van der Waals surface area (Å²) in [5.74, 6) is 0.255. The van der Waals surface area contributed by atoms with Gasteiger partial charge < -0.3 is 21.1 Å². The molecule has 2 heterocycles. The van der Waals surface area contributed by atoms with Crippen molar-refractivity contribution in [2.24, 2.45) is 0 Å². The van der Waals surface area contributed by atoms with E-state index in [1.54, 1.807) is 32.0 Å². The summed E-state index contributed by atoms with van der Waals surface area (Å²) in [6, 6.07) is 10.0. The smallest absolute Gasteiger partial charge is 0.384 e. The van der Waals surface area contributed by atoms with Crippen molar-refractivity contribution in [3.8, 4) is 0 Å². The molecule has 0 saturated carbocycles. The van der Waals surface area contributed by atoms with Gasteiger partial charge >= 0.3 is 12.2 Å². The zero-order valence-corrected chi connectivity index (χ0v) is 22.1. The van der Waals surface area contributed by atoms with Gasteiger partial charge in [0.25, 0.3) is 5.91 Å². The molecule has 0 unspecified atom stereocenters. The largest absolute Gasteiger partial charge is 0.416 e. The standard InChI is InChI=1S/C27H30F3N7O3/c1-17-6-7-21(34-25(38)19-4-3-5-20(14-19)27(28,29)30)15-22(17)35-26(39)37(9-8-36-10-12-40-13-11-36)24-16-23(31)32-18(2)33-24/h3-7,14-16H,8-13H2,1-2H3,(H,34,38)(H,35,39)(H2,31,32,33). The van der Waals surface area contributed by atoms with Crippen molar-refractivity contribution < 1.29 is 27.5 Å². The average molecular weight is 558 g/mol. The molecule has 4 rings (SSSR count). The second-order valence-corrected chi connectivity index (χ2v) is 9.30. The predicted octanol–water partition coefficient (Wildman–Crippen LogP) is 4.32. The summed E-state index contributed by atoms with van der Waals surface area (Å²) >= 11 is 0. The summed E-state index contributed by atoms with van der Waals surface area (Å²) in [4.78, 5) is 38.3. The summed E-state index contributed by atoms with van der Waals surface area (Å²) in [7, 11) is 0. The summed E-state index contributed by atoms with van der Waals surface area (Å²) in [5, 5.41) is 5.46. The van der Waals surface area contributed by atoms with E-state index in [0.29, 0.717) is 54.9 Å². The number of carbonyl (C=O) groups is 2. The number of hydrogen-bond donors (Lipinski definition) is 3. The first-order valence-corrected chi connectivity index (χ1v) is 12.6. The summed E-state index contributed by atoms with van der Waals surface area (Å²) in [5.41, 5.74) is 6.26.